The van der Waals surface area contributed by atoms with Crippen LogP contribution in [0, 0.1) is 5.41 Å². The minimum absolute atomic E-state index is 0.346. The lowest BCUT2D eigenvalue weighted by molar-refractivity contribution is -0.0276. The van der Waals surface area contributed by atoms with Gasteiger partial charge in [0.2, 0.25) is 0 Å². The van der Waals surface area contributed by atoms with E-state index < -0.39 is 0 Å². The smallest absolute Gasteiger partial charge is 0.0546 e. The summed E-state index contributed by atoms with van der Waals surface area (Å²) in [6.45, 7) is 8.80. The molecule has 3 heteroatoms. The summed E-state index contributed by atoms with van der Waals surface area (Å²) in [5.74, 6) is 0. The van der Waals surface area contributed by atoms with Crippen molar-refractivity contribution in [1.82, 2.24) is 10.2 Å². The van der Waals surface area contributed by atoms with Gasteiger partial charge in [0.05, 0.1) is 6.61 Å². The lowest BCUT2D eigenvalue weighted by Crippen LogP contribution is -2.50. The monoisotopic (exact) mass is 254 g/mol. The molecule has 1 saturated heterocycles. The average Bonchev–Trinajstić information content (AvgIpc) is 3.20. The number of hydrogen-bond donors (Lipinski definition) is 1. The summed E-state index contributed by atoms with van der Waals surface area (Å²) in [4.78, 5) is 2.52. The van der Waals surface area contributed by atoms with E-state index in [2.05, 4.69) is 31.1 Å². The van der Waals surface area contributed by atoms with E-state index in [0.29, 0.717) is 11.5 Å². The van der Waals surface area contributed by atoms with Gasteiger partial charge >= 0.3 is 0 Å². The fraction of sp³-hybridized carbons (Fsp3) is 1.00. The molecule has 1 heterocycles. The van der Waals surface area contributed by atoms with Crippen LogP contribution in [0.4, 0.5) is 0 Å². The summed E-state index contributed by atoms with van der Waals surface area (Å²) in [5, 5.41) is 3.72. The van der Waals surface area contributed by atoms with E-state index >= 15 is 0 Å². The standard InChI is InChI=1S/C15H30N2O/c1-4-13(2)17(3)11-15(8-5-9-18-12-15)10-16-14-6-7-14/h13-14,16H,4-12H2,1-3H3. The maximum absolute atomic E-state index is 5.79. The highest BCUT2D eigenvalue weighted by Gasteiger charge is 2.36. The van der Waals surface area contributed by atoms with E-state index in [4.69, 9.17) is 4.74 Å². The Morgan fingerprint density at radius 1 is 1.44 bits per heavy atom. The number of nitrogens with one attached hydrogen (secondary N) is 1. The van der Waals surface area contributed by atoms with Crippen LogP contribution in [0.15, 0.2) is 0 Å². The number of nitrogens with zero attached hydrogens (tertiary/aromatic N) is 1. The van der Waals surface area contributed by atoms with Crippen LogP contribution in [0.1, 0.15) is 46.0 Å². The highest BCUT2D eigenvalue weighted by Crippen LogP contribution is 2.31. The Morgan fingerprint density at radius 2 is 2.22 bits per heavy atom. The second kappa shape index (κ2) is 6.36. The summed E-state index contributed by atoms with van der Waals surface area (Å²) >= 11 is 0. The quantitative estimate of drug-likeness (QED) is 0.754. The molecule has 0 aromatic rings. The second-order valence-corrected chi connectivity index (χ2v) is 6.48. The van der Waals surface area contributed by atoms with E-state index in [0.717, 1.165) is 25.8 Å². The van der Waals surface area contributed by atoms with Crippen LogP contribution >= 0.6 is 0 Å². The molecule has 0 aromatic carbocycles. The molecule has 2 aliphatic rings. The maximum atomic E-state index is 5.79. The maximum Gasteiger partial charge on any atom is 0.0546 e. The Bertz CT molecular complexity index is 247. The molecule has 2 atom stereocenters. The molecule has 2 fully saturated rings. The number of rotatable bonds is 7. The van der Waals surface area contributed by atoms with E-state index in [1.165, 1.54) is 38.6 Å². The zero-order valence-corrected chi connectivity index (χ0v) is 12.4. The van der Waals surface area contributed by atoms with Gasteiger partial charge in [-0.2, -0.15) is 0 Å². The normalized spacial score (nSPS) is 30.7. The molecule has 0 radical (unpaired) electrons. The van der Waals surface area contributed by atoms with Crippen molar-refractivity contribution < 1.29 is 4.74 Å². The molecule has 18 heavy (non-hydrogen) atoms. The second-order valence-electron chi connectivity index (χ2n) is 6.48. The molecule has 1 saturated carbocycles. The molecular weight excluding hydrogens is 224 g/mol. The molecule has 2 rings (SSSR count). The van der Waals surface area contributed by atoms with Gasteiger partial charge in [0, 0.05) is 37.2 Å². The molecule has 0 aromatic heterocycles. The Labute approximate surface area is 112 Å². The van der Waals surface area contributed by atoms with Crippen LogP contribution in [-0.4, -0.2) is 50.3 Å². The minimum atomic E-state index is 0.346. The lowest BCUT2D eigenvalue weighted by atomic mass is 9.81. The van der Waals surface area contributed by atoms with Gasteiger partial charge in [-0.1, -0.05) is 6.92 Å². The summed E-state index contributed by atoms with van der Waals surface area (Å²) in [6.07, 6.45) is 6.51. The summed E-state index contributed by atoms with van der Waals surface area (Å²) in [6, 6.07) is 1.47. The van der Waals surface area contributed by atoms with Crippen LogP contribution in [0.3, 0.4) is 0 Å². The van der Waals surface area contributed by atoms with Gasteiger partial charge < -0.3 is 15.0 Å². The highest BCUT2D eigenvalue weighted by atomic mass is 16.5. The van der Waals surface area contributed by atoms with Crippen LogP contribution in [0.5, 0.6) is 0 Å². The minimum Gasteiger partial charge on any atom is -0.381 e. The SMILES string of the molecule is CCC(C)N(C)CC1(CNC2CC2)CCCOC1. The lowest BCUT2D eigenvalue weighted by Gasteiger charge is -2.41. The van der Waals surface area contributed by atoms with Gasteiger partial charge in [-0.05, 0) is 46.1 Å². The summed E-state index contributed by atoms with van der Waals surface area (Å²) in [7, 11) is 2.27. The molecule has 1 N–H and O–H groups in total. The van der Waals surface area contributed by atoms with Gasteiger partial charge in [-0.15, -0.1) is 0 Å². The first-order valence-electron chi connectivity index (χ1n) is 7.66. The molecular formula is C15H30N2O. The predicted molar refractivity (Wildman–Crippen MR) is 75.9 cm³/mol. The Hall–Kier alpha value is -0.120. The topological polar surface area (TPSA) is 24.5 Å². The van der Waals surface area contributed by atoms with Crippen molar-refractivity contribution in [2.75, 3.05) is 33.4 Å². The van der Waals surface area contributed by atoms with Crippen LogP contribution in [-0.2, 0) is 4.74 Å². The fourth-order valence-electron chi connectivity index (χ4n) is 2.87. The summed E-state index contributed by atoms with van der Waals surface area (Å²) < 4.78 is 5.79. The molecule has 106 valence electrons. The van der Waals surface area contributed by atoms with Gasteiger partial charge in [0.15, 0.2) is 0 Å². The fourth-order valence-corrected chi connectivity index (χ4v) is 2.87. The molecule has 1 aliphatic heterocycles. The van der Waals surface area contributed by atoms with E-state index in [-0.39, 0.29) is 0 Å². The zero-order chi connectivity index (χ0) is 13.0. The zero-order valence-electron chi connectivity index (χ0n) is 12.4. The molecule has 0 amide bonds. The van der Waals surface area contributed by atoms with Crippen molar-refractivity contribution in [1.29, 1.82) is 0 Å². The molecule has 0 bridgehead atoms. The molecule has 0 spiro atoms. The van der Waals surface area contributed by atoms with Crippen molar-refractivity contribution in [3.63, 3.8) is 0 Å². The third-order valence-corrected chi connectivity index (χ3v) is 4.68. The number of hydrogen-bond acceptors (Lipinski definition) is 3. The van der Waals surface area contributed by atoms with Crippen molar-refractivity contribution in [3.05, 3.63) is 0 Å². The van der Waals surface area contributed by atoms with Crippen molar-refractivity contribution >= 4 is 0 Å². The first kappa shape index (κ1) is 14.3. The third-order valence-electron chi connectivity index (χ3n) is 4.68. The van der Waals surface area contributed by atoms with Crippen molar-refractivity contribution in [3.8, 4) is 0 Å². The Kier molecular flexibility index (Phi) is 5.05. The van der Waals surface area contributed by atoms with Crippen molar-refractivity contribution in [2.24, 2.45) is 5.41 Å². The number of ether oxygens (including phenoxy) is 1. The molecule has 3 nitrogen and oxygen atoms in total. The molecule has 1 aliphatic carbocycles. The van der Waals surface area contributed by atoms with Gasteiger partial charge in [-0.3, -0.25) is 0 Å². The van der Waals surface area contributed by atoms with Crippen LogP contribution in [0.2, 0.25) is 0 Å². The summed E-state index contributed by atoms with van der Waals surface area (Å²) in [5.41, 5.74) is 0.346. The van der Waals surface area contributed by atoms with Crippen LogP contribution < -0.4 is 5.32 Å². The molecule has 2 unspecified atom stereocenters. The van der Waals surface area contributed by atoms with Crippen LogP contribution in [0.25, 0.3) is 0 Å². The highest BCUT2D eigenvalue weighted by molar-refractivity contribution is 4.91. The van der Waals surface area contributed by atoms with Gasteiger partial charge in [0.25, 0.3) is 0 Å². The van der Waals surface area contributed by atoms with E-state index in [1.54, 1.807) is 0 Å². The Morgan fingerprint density at radius 3 is 2.78 bits per heavy atom. The first-order chi connectivity index (χ1) is 8.65. The van der Waals surface area contributed by atoms with Gasteiger partial charge in [-0.25, -0.2) is 0 Å². The largest absolute Gasteiger partial charge is 0.381 e. The van der Waals surface area contributed by atoms with Crippen molar-refractivity contribution in [2.45, 2.75) is 58.0 Å². The third kappa shape index (κ3) is 3.94. The first-order valence-corrected chi connectivity index (χ1v) is 7.66. The Balaban J connectivity index is 1.89. The van der Waals surface area contributed by atoms with E-state index in [1.807, 2.05) is 0 Å². The van der Waals surface area contributed by atoms with Gasteiger partial charge in [0.1, 0.15) is 0 Å². The average molecular weight is 254 g/mol. The predicted octanol–water partition coefficient (Wildman–Crippen LogP) is 2.27. The van der Waals surface area contributed by atoms with E-state index in [9.17, 15) is 0 Å².